The van der Waals surface area contributed by atoms with Gasteiger partial charge in [0.1, 0.15) is 5.75 Å². The number of rotatable bonds is 2. The van der Waals surface area contributed by atoms with Crippen molar-refractivity contribution in [2.24, 2.45) is 4.99 Å². The number of hydrogen-bond acceptors (Lipinski definition) is 2. The maximum Gasteiger partial charge on any atom is 0.124 e. The van der Waals surface area contributed by atoms with Gasteiger partial charge in [-0.1, -0.05) is 29.3 Å². The van der Waals surface area contributed by atoms with E-state index in [0.29, 0.717) is 15.6 Å². The molecule has 2 aromatic carbocycles. The van der Waals surface area contributed by atoms with Gasteiger partial charge in [0.05, 0.1) is 5.69 Å². The monoisotopic (exact) mass is 265 g/mol. The van der Waals surface area contributed by atoms with Crippen molar-refractivity contribution in [3.8, 4) is 5.75 Å². The summed E-state index contributed by atoms with van der Waals surface area (Å²) in [5.41, 5.74) is 1.29. The number of phenolic OH excluding ortho intramolecular Hbond substituents is 1. The minimum atomic E-state index is 0.139. The van der Waals surface area contributed by atoms with Crippen molar-refractivity contribution in [1.82, 2.24) is 0 Å². The smallest absolute Gasteiger partial charge is 0.124 e. The van der Waals surface area contributed by atoms with Crippen molar-refractivity contribution < 1.29 is 5.11 Å². The summed E-state index contributed by atoms with van der Waals surface area (Å²) in [6, 6.07) is 11.9. The molecule has 0 saturated carbocycles. The maximum atomic E-state index is 9.59. The number of halogens is 2. The number of nitrogens with zero attached hydrogens (tertiary/aromatic N) is 1. The minimum Gasteiger partial charge on any atom is -0.507 e. The number of hydrogen-bond donors (Lipinski definition) is 1. The first kappa shape index (κ1) is 12.0. The summed E-state index contributed by atoms with van der Waals surface area (Å²) in [4.78, 5) is 4.21. The molecule has 0 spiro atoms. The highest BCUT2D eigenvalue weighted by molar-refractivity contribution is 6.31. The van der Waals surface area contributed by atoms with Gasteiger partial charge < -0.3 is 5.11 Å². The molecule has 0 saturated heterocycles. The van der Waals surface area contributed by atoms with E-state index in [1.54, 1.807) is 30.5 Å². The van der Waals surface area contributed by atoms with Crippen LogP contribution in [0.5, 0.6) is 5.75 Å². The Bertz CT molecular complexity index is 567. The van der Waals surface area contributed by atoms with E-state index in [1.807, 2.05) is 12.1 Å². The van der Waals surface area contributed by atoms with Gasteiger partial charge in [-0.15, -0.1) is 0 Å². The molecule has 2 nitrogen and oxygen atoms in total. The lowest BCUT2D eigenvalue weighted by Crippen LogP contribution is -1.82. The Kier molecular flexibility index (Phi) is 3.67. The van der Waals surface area contributed by atoms with E-state index in [4.69, 9.17) is 23.2 Å². The zero-order valence-corrected chi connectivity index (χ0v) is 10.3. The number of aliphatic imine (C=N–C) groups is 1. The summed E-state index contributed by atoms with van der Waals surface area (Å²) in [5, 5.41) is 10.8. The van der Waals surface area contributed by atoms with Gasteiger partial charge in [-0.25, -0.2) is 0 Å². The molecule has 1 N–H and O–H groups in total. The lowest BCUT2D eigenvalue weighted by molar-refractivity contribution is 0.474. The van der Waals surface area contributed by atoms with Crippen molar-refractivity contribution in [3.05, 3.63) is 58.1 Å². The Balaban J connectivity index is 2.29. The van der Waals surface area contributed by atoms with Crippen LogP contribution in [0, 0.1) is 0 Å². The lowest BCUT2D eigenvalue weighted by atomic mass is 10.2. The fourth-order valence-electron chi connectivity index (χ4n) is 1.33. The first-order valence-corrected chi connectivity index (χ1v) is 5.69. The number of aromatic hydroxyl groups is 1. The second-order valence-electron chi connectivity index (χ2n) is 3.44. The molecule has 0 unspecified atom stereocenters. The first-order chi connectivity index (χ1) is 8.15. The third-order valence-corrected chi connectivity index (χ3v) is 2.62. The van der Waals surface area contributed by atoms with E-state index < -0.39 is 0 Å². The van der Waals surface area contributed by atoms with E-state index in [2.05, 4.69) is 4.99 Å². The van der Waals surface area contributed by atoms with E-state index in [-0.39, 0.29) is 5.75 Å². The van der Waals surface area contributed by atoms with Gasteiger partial charge in [0.15, 0.2) is 0 Å². The molecule has 17 heavy (non-hydrogen) atoms. The van der Waals surface area contributed by atoms with Crippen LogP contribution in [0.1, 0.15) is 5.56 Å². The molecule has 2 aromatic rings. The summed E-state index contributed by atoms with van der Waals surface area (Å²) < 4.78 is 0. The van der Waals surface area contributed by atoms with Crippen LogP contribution in [0.2, 0.25) is 10.0 Å². The average molecular weight is 266 g/mol. The molecule has 0 atom stereocenters. The topological polar surface area (TPSA) is 32.6 Å². The summed E-state index contributed by atoms with van der Waals surface area (Å²) in [7, 11) is 0. The third kappa shape index (κ3) is 3.22. The molecule has 0 aromatic heterocycles. The van der Waals surface area contributed by atoms with Crippen LogP contribution in [-0.2, 0) is 0 Å². The SMILES string of the molecule is Oc1ccc(Cl)cc1/C=N/c1cccc(Cl)c1. The van der Waals surface area contributed by atoms with Gasteiger partial charge >= 0.3 is 0 Å². The molecular formula is C13H9Cl2NO. The minimum absolute atomic E-state index is 0.139. The molecule has 0 aliphatic rings. The molecule has 4 heteroatoms. The lowest BCUT2D eigenvalue weighted by Gasteiger charge is -1.99. The number of benzene rings is 2. The zero-order valence-electron chi connectivity index (χ0n) is 8.77. The Morgan fingerprint density at radius 1 is 1.00 bits per heavy atom. The van der Waals surface area contributed by atoms with Crippen LogP contribution in [0.25, 0.3) is 0 Å². The van der Waals surface area contributed by atoms with Crippen LogP contribution in [-0.4, -0.2) is 11.3 Å². The fourth-order valence-corrected chi connectivity index (χ4v) is 1.69. The van der Waals surface area contributed by atoms with Gasteiger partial charge in [0.2, 0.25) is 0 Å². The van der Waals surface area contributed by atoms with E-state index in [0.717, 1.165) is 5.69 Å². The first-order valence-electron chi connectivity index (χ1n) is 4.93. The normalized spacial score (nSPS) is 10.9. The van der Waals surface area contributed by atoms with Gasteiger partial charge in [-0.05, 0) is 36.4 Å². The Morgan fingerprint density at radius 2 is 1.76 bits per heavy atom. The summed E-state index contributed by atoms with van der Waals surface area (Å²) >= 11 is 11.7. The summed E-state index contributed by atoms with van der Waals surface area (Å²) in [6.45, 7) is 0. The molecular weight excluding hydrogens is 257 g/mol. The van der Waals surface area contributed by atoms with Crippen LogP contribution >= 0.6 is 23.2 Å². The van der Waals surface area contributed by atoms with Crippen molar-refractivity contribution in [2.45, 2.75) is 0 Å². The molecule has 0 heterocycles. The van der Waals surface area contributed by atoms with Crippen LogP contribution in [0.4, 0.5) is 5.69 Å². The quantitative estimate of drug-likeness (QED) is 0.800. The van der Waals surface area contributed by atoms with E-state index >= 15 is 0 Å². The molecule has 0 bridgehead atoms. The molecule has 0 radical (unpaired) electrons. The molecule has 0 aliphatic heterocycles. The number of phenols is 1. The molecule has 0 aliphatic carbocycles. The average Bonchev–Trinajstić information content (AvgIpc) is 2.30. The summed E-state index contributed by atoms with van der Waals surface area (Å²) in [5.74, 6) is 0.139. The second kappa shape index (κ2) is 5.21. The molecule has 86 valence electrons. The maximum absolute atomic E-state index is 9.59. The van der Waals surface area contributed by atoms with Crippen molar-refractivity contribution in [1.29, 1.82) is 0 Å². The Hall–Kier alpha value is -1.51. The standard InChI is InChI=1S/C13H9Cl2NO/c14-10-2-1-3-12(7-10)16-8-9-6-11(15)4-5-13(9)17/h1-8,17H/b16-8+. The Labute approximate surface area is 109 Å². The third-order valence-electron chi connectivity index (χ3n) is 2.15. The molecule has 0 amide bonds. The van der Waals surface area contributed by atoms with Crippen molar-refractivity contribution in [2.75, 3.05) is 0 Å². The highest BCUT2D eigenvalue weighted by atomic mass is 35.5. The summed E-state index contributed by atoms with van der Waals surface area (Å²) in [6.07, 6.45) is 1.55. The van der Waals surface area contributed by atoms with Gasteiger partial charge in [-0.2, -0.15) is 0 Å². The van der Waals surface area contributed by atoms with Crippen LogP contribution < -0.4 is 0 Å². The van der Waals surface area contributed by atoms with Gasteiger partial charge in [-0.3, -0.25) is 4.99 Å². The fraction of sp³-hybridized carbons (Fsp3) is 0. The molecule has 2 rings (SSSR count). The molecule has 0 fully saturated rings. The zero-order chi connectivity index (χ0) is 12.3. The predicted octanol–water partition coefficient (Wildman–Crippen LogP) is 4.45. The predicted molar refractivity (Wildman–Crippen MR) is 71.8 cm³/mol. The van der Waals surface area contributed by atoms with Gasteiger partial charge in [0.25, 0.3) is 0 Å². The van der Waals surface area contributed by atoms with E-state index in [9.17, 15) is 5.11 Å². The Morgan fingerprint density at radius 3 is 2.53 bits per heavy atom. The van der Waals surface area contributed by atoms with Crippen LogP contribution in [0.3, 0.4) is 0 Å². The van der Waals surface area contributed by atoms with Crippen LogP contribution in [0.15, 0.2) is 47.5 Å². The van der Waals surface area contributed by atoms with E-state index in [1.165, 1.54) is 6.07 Å². The highest BCUT2D eigenvalue weighted by Crippen LogP contribution is 2.22. The van der Waals surface area contributed by atoms with Crippen molar-refractivity contribution in [3.63, 3.8) is 0 Å². The highest BCUT2D eigenvalue weighted by Gasteiger charge is 1.99. The largest absolute Gasteiger partial charge is 0.507 e. The second-order valence-corrected chi connectivity index (χ2v) is 4.31. The van der Waals surface area contributed by atoms with Gasteiger partial charge in [0, 0.05) is 21.8 Å². The van der Waals surface area contributed by atoms with Crippen molar-refractivity contribution >= 4 is 35.1 Å².